The van der Waals surface area contributed by atoms with Crippen LogP contribution in [0.2, 0.25) is 0 Å². The smallest absolute Gasteiger partial charge is 0.307 e. The van der Waals surface area contributed by atoms with Crippen LogP contribution in [-0.4, -0.2) is 44.8 Å². The van der Waals surface area contributed by atoms with E-state index in [1.807, 2.05) is 19.9 Å². The van der Waals surface area contributed by atoms with E-state index in [-0.39, 0.29) is 12.1 Å². The lowest BCUT2D eigenvalue weighted by Crippen LogP contribution is -2.39. The monoisotopic (exact) mass is 333 g/mol. The SMILES string of the molecule is CN=C(NCCC(=O)OC(C)C)NCCc1ccc2c(c1)CCO2. The Morgan fingerprint density at radius 2 is 2.12 bits per heavy atom. The van der Waals surface area contributed by atoms with Gasteiger partial charge in [-0.1, -0.05) is 12.1 Å². The van der Waals surface area contributed by atoms with Crippen molar-refractivity contribution in [1.82, 2.24) is 10.6 Å². The van der Waals surface area contributed by atoms with E-state index in [0.29, 0.717) is 18.9 Å². The van der Waals surface area contributed by atoms with Gasteiger partial charge >= 0.3 is 5.97 Å². The summed E-state index contributed by atoms with van der Waals surface area (Å²) >= 11 is 0. The highest BCUT2D eigenvalue weighted by molar-refractivity contribution is 5.80. The second kappa shape index (κ2) is 9.15. The van der Waals surface area contributed by atoms with Crippen molar-refractivity contribution in [3.63, 3.8) is 0 Å². The molecule has 2 rings (SSSR count). The average molecular weight is 333 g/mol. The molecule has 0 atom stereocenters. The molecule has 0 unspecified atom stereocenters. The van der Waals surface area contributed by atoms with E-state index in [4.69, 9.17) is 9.47 Å². The van der Waals surface area contributed by atoms with Gasteiger partial charge in [-0.25, -0.2) is 0 Å². The lowest BCUT2D eigenvalue weighted by molar-refractivity contribution is -0.147. The van der Waals surface area contributed by atoms with Crippen LogP contribution in [0.1, 0.15) is 31.4 Å². The first-order valence-electron chi connectivity index (χ1n) is 8.47. The zero-order valence-corrected chi connectivity index (χ0v) is 14.7. The van der Waals surface area contributed by atoms with Crippen molar-refractivity contribution in [2.24, 2.45) is 4.99 Å². The Kier molecular flexibility index (Phi) is 6.90. The maximum absolute atomic E-state index is 11.5. The minimum absolute atomic E-state index is 0.0762. The summed E-state index contributed by atoms with van der Waals surface area (Å²) in [6.45, 7) is 5.75. The Labute approximate surface area is 143 Å². The third-order valence-electron chi connectivity index (χ3n) is 3.67. The largest absolute Gasteiger partial charge is 0.493 e. The minimum atomic E-state index is -0.201. The Balaban J connectivity index is 1.67. The lowest BCUT2D eigenvalue weighted by Gasteiger charge is -2.12. The summed E-state index contributed by atoms with van der Waals surface area (Å²) in [5, 5.41) is 6.38. The predicted octanol–water partition coefficient (Wildman–Crippen LogP) is 1.67. The molecule has 0 bridgehead atoms. The summed E-state index contributed by atoms with van der Waals surface area (Å²) in [7, 11) is 1.72. The molecular formula is C18H27N3O3. The predicted molar refractivity (Wildman–Crippen MR) is 94.6 cm³/mol. The zero-order chi connectivity index (χ0) is 17.4. The topological polar surface area (TPSA) is 72.0 Å². The molecule has 0 saturated carbocycles. The van der Waals surface area contributed by atoms with Gasteiger partial charge in [0.2, 0.25) is 0 Å². The number of fused-ring (bicyclic) bond motifs is 1. The average Bonchev–Trinajstić information content (AvgIpc) is 3.00. The number of esters is 1. The van der Waals surface area contributed by atoms with E-state index in [2.05, 4.69) is 27.8 Å². The number of hydrogen-bond acceptors (Lipinski definition) is 4. The fourth-order valence-corrected chi connectivity index (χ4v) is 2.55. The summed E-state index contributed by atoms with van der Waals surface area (Å²) in [6, 6.07) is 6.36. The second-order valence-corrected chi connectivity index (χ2v) is 6.00. The van der Waals surface area contributed by atoms with Gasteiger partial charge in [0, 0.05) is 26.6 Å². The van der Waals surface area contributed by atoms with Crippen LogP contribution >= 0.6 is 0 Å². The normalized spacial score (nSPS) is 13.4. The van der Waals surface area contributed by atoms with Crippen LogP contribution in [0.25, 0.3) is 0 Å². The van der Waals surface area contributed by atoms with Crippen molar-refractivity contribution in [1.29, 1.82) is 0 Å². The van der Waals surface area contributed by atoms with Gasteiger partial charge in [-0.3, -0.25) is 9.79 Å². The fraction of sp³-hybridized carbons (Fsp3) is 0.556. The molecule has 0 aliphatic carbocycles. The maximum atomic E-state index is 11.5. The highest BCUT2D eigenvalue weighted by Crippen LogP contribution is 2.25. The third kappa shape index (κ3) is 5.76. The number of nitrogens with zero attached hydrogens (tertiary/aromatic N) is 1. The van der Waals surface area contributed by atoms with Crippen molar-refractivity contribution in [2.45, 2.75) is 39.2 Å². The van der Waals surface area contributed by atoms with Crippen LogP contribution in [0.5, 0.6) is 5.75 Å². The summed E-state index contributed by atoms with van der Waals surface area (Å²) in [5.74, 6) is 1.50. The van der Waals surface area contributed by atoms with Crippen LogP contribution in [-0.2, 0) is 22.4 Å². The number of guanidine groups is 1. The molecule has 0 radical (unpaired) electrons. The highest BCUT2D eigenvalue weighted by atomic mass is 16.5. The van der Waals surface area contributed by atoms with E-state index in [0.717, 1.165) is 31.7 Å². The van der Waals surface area contributed by atoms with Crippen molar-refractivity contribution < 1.29 is 14.3 Å². The highest BCUT2D eigenvalue weighted by Gasteiger charge is 2.11. The molecule has 2 N–H and O–H groups in total. The second-order valence-electron chi connectivity index (χ2n) is 6.00. The van der Waals surface area contributed by atoms with Gasteiger partial charge in [0.05, 0.1) is 19.1 Å². The molecular weight excluding hydrogens is 306 g/mol. The number of carbonyl (C=O) groups is 1. The van der Waals surface area contributed by atoms with Gasteiger partial charge in [0.25, 0.3) is 0 Å². The lowest BCUT2D eigenvalue weighted by atomic mass is 10.1. The van der Waals surface area contributed by atoms with Gasteiger partial charge in [-0.05, 0) is 37.5 Å². The van der Waals surface area contributed by atoms with E-state index in [1.165, 1.54) is 11.1 Å². The van der Waals surface area contributed by atoms with Crippen LogP contribution in [0, 0.1) is 0 Å². The van der Waals surface area contributed by atoms with Crippen molar-refractivity contribution in [3.8, 4) is 5.75 Å². The molecule has 1 aliphatic rings. The number of ether oxygens (including phenoxy) is 2. The van der Waals surface area contributed by atoms with Crippen LogP contribution in [0.3, 0.4) is 0 Å². The number of benzene rings is 1. The Morgan fingerprint density at radius 3 is 2.88 bits per heavy atom. The van der Waals surface area contributed by atoms with Crippen LogP contribution < -0.4 is 15.4 Å². The Morgan fingerprint density at radius 1 is 1.33 bits per heavy atom. The minimum Gasteiger partial charge on any atom is -0.493 e. The summed E-state index contributed by atoms with van der Waals surface area (Å²) in [4.78, 5) is 15.6. The molecule has 132 valence electrons. The van der Waals surface area contributed by atoms with Gasteiger partial charge in [0.15, 0.2) is 5.96 Å². The molecule has 0 aromatic heterocycles. The van der Waals surface area contributed by atoms with Gasteiger partial charge < -0.3 is 20.1 Å². The molecule has 1 aromatic carbocycles. The van der Waals surface area contributed by atoms with Crippen LogP contribution in [0.15, 0.2) is 23.2 Å². The van der Waals surface area contributed by atoms with Gasteiger partial charge in [0.1, 0.15) is 5.75 Å². The van der Waals surface area contributed by atoms with E-state index >= 15 is 0 Å². The first-order valence-corrected chi connectivity index (χ1v) is 8.47. The summed E-state index contributed by atoms with van der Waals surface area (Å²) in [5.41, 5.74) is 2.57. The maximum Gasteiger partial charge on any atom is 0.307 e. The molecule has 1 aromatic rings. The third-order valence-corrected chi connectivity index (χ3v) is 3.67. The molecule has 0 amide bonds. The van der Waals surface area contributed by atoms with Gasteiger partial charge in [-0.15, -0.1) is 0 Å². The first kappa shape index (κ1) is 18.1. The molecule has 0 fully saturated rings. The van der Waals surface area contributed by atoms with Gasteiger partial charge in [-0.2, -0.15) is 0 Å². The molecule has 0 spiro atoms. The van der Waals surface area contributed by atoms with E-state index in [1.54, 1.807) is 7.05 Å². The van der Waals surface area contributed by atoms with E-state index in [9.17, 15) is 4.79 Å². The van der Waals surface area contributed by atoms with Crippen molar-refractivity contribution in [2.75, 3.05) is 26.7 Å². The molecule has 1 heterocycles. The number of rotatable bonds is 7. The first-order chi connectivity index (χ1) is 11.6. The summed E-state index contributed by atoms with van der Waals surface area (Å²) in [6.07, 6.45) is 2.15. The standard InChI is InChI=1S/C18H27N3O3/c1-13(2)24-17(22)7-10-21-18(19-3)20-9-6-14-4-5-16-15(12-14)8-11-23-16/h4-5,12-13H,6-11H2,1-3H3,(H2,19,20,21). The molecule has 24 heavy (non-hydrogen) atoms. The molecule has 0 saturated heterocycles. The van der Waals surface area contributed by atoms with Crippen LogP contribution in [0.4, 0.5) is 0 Å². The zero-order valence-electron chi connectivity index (χ0n) is 14.7. The Hall–Kier alpha value is -2.24. The molecule has 6 nitrogen and oxygen atoms in total. The van der Waals surface area contributed by atoms with Crippen molar-refractivity contribution in [3.05, 3.63) is 29.3 Å². The summed E-state index contributed by atoms with van der Waals surface area (Å²) < 4.78 is 10.6. The Bertz CT molecular complexity index is 585. The van der Waals surface area contributed by atoms with Crippen molar-refractivity contribution >= 4 is 11.9 Å². The quantitative estimate of drug-likeness (QED) is 0.451. The molecule has 6 heteroatoms. The number of carbonyl (C=O) groups excluding carboxylic acids is 1. The number of hydrogen-bond donors (Lipinski definition) is 2. The van der Waals surface area contributed by atoms with E-state index < -0.39 is 0 Å². The molecule has 1 aliphatic heterocycles. The number of aliphatic imine (C=N–C) groups is 1. The number of nitrogens with one attached hydrogen (secondary N) is 2. The fourth-order valence-electron chi connectivity index (χ4n) is 2.55.